The van der Waals surface area contributed by atoms with Crippen LogP contribution in [0.1, 0.15) is 35.6 Å². The second-order valence-corrected chi connectivity index (χ2v) is 7.18. The van der Waals surface area contributed by atoms with Gasteiger partial charge in [0.15, 0.2) is 0 Å². The van der Waals surface area contributed by atoms with Gasteiger partial charge in [-0.25, -0.2) is 4.98 Å². The van der Waals surface area contributed by atoms with Crippen LogP contribution in [0.4, 0.5) is 5.69 Å². The van der Waals surface area contributed by atoms with Gasteiger partial charge in [-0.05, 0) is 42.5 Å². The molecule has 3 aromatic rings. The van der Waals surface area contributed by atoms with Crippen LogP contribution < -0.4 is 10.1 Å². The molecule has 0 amide bonds. The quantitative estimate of drug-likeness (QED) is 0.775. The highest BCUT2D eigenvalue weighted by atomic mass is 16.5. The van der Waals surface area contributed by atoms with Crippen LogP contribution in [-0.4, -0.2) is 29.3 Å². The molecule has 1 saturated heterocycles. The average Bonchev–Trinajstić information content (AvgIpc) is 3.31. The van der Waals surface area contributed by atoms with E-state index in [2.05, 4.69) is 52.1 Å². The van der Waals surface area contributed by atoms with Gasteiger partial charge in [-0.2, -0.15) is 0 Å². The third kappa shape index (κ3) is 2.72. The Kier molecular flexibility index (Phi) is 3.82. The van der Waals surface area contributed by atoms with E-state index in [1.54, 1.807) is 0 Å². The Morgan fingerprint density at radius 2 is 2.19 bits per heavy atom. The van der Waals surface area contributed by atoms with E-state index in [-0.39, 0.29) is 6.10 Å². The smallest absolute Gasteiger partial charge is 0.144 e. The monoisotopic (exact) mass is 349 g/mol. The van der Waals surface area contributed by atoms with Gasteiger partial charge in [0.05, 0.1) is 29.2 Å². The van der Waals surface area contributed by atoms with E-state index in [0.717, 1.165) is 55.0 Å². The van der Waals surface area contributed by atoms with Crippen LogP contribution in [0.3, 0.4) is 0 Å². The molecule has 0 spiro atoms. The Hall–Kier alpha value is -2.53. The fraction of sp³-hybridized carbons (Fsp3) is 0.381. The van der Waals surface area contributed by atoms with Crippen LogP contribution >= 0.6 is 0 Å². The first-order valence-corrected chi connectivity index (χ1v) is 9.34. The molecule has 0 aliphatic carbocycles. The predicted molar refractivity (Wildman–Crippen MR) is 102 cm³/mol. The highest BCUT2D eigenvalue weighted by Crippen LogP contribution is 2.33. The summed E-state index contributed by atoms with van der Waals surface area (Å²) < 4.78 is 13.8. The Balaban J connectivity index is 1.45. The minimum atomic E-state index is 0.272. The molecule has 26 heavy (non-hydrogen) atoms. The second-order valence-electron chi connectivity index (χ2n) is 7.18. The van der Waals surface area contributed by atoms with E-state index in [1.807, 2.05) is 6.33 Å². The van der Waals surface area contributed by atoms with Gasteiger partial charge in [0, 0.05) is 25.8 Å². The standard InChI is InChI=1S/C21H23N3O2/c1-14-9-15(4-5-16(14)20-3-2-7-25-20)12-24-13-23-17-10-18-21(11-19(17)24)26-8-6-22-18/h4-5,9-11,13,20,22H,2-3,6-8,12H2,1H3/t20-/m0/s1. The lowest BCUT2D eigenvalue weighted by Crippen LogP contribution is -2.17. The van der Waals surface area contributed by atoms with Crippen LogP contribution in [-0.2, 0) is 11.3 Å². The van der Waals surface area contributed by atoms with Crippen molar-refractivity contribution in [3.8, 4) is 5.75 Å². The summed E-state index contributed by atoms with van der Waals surface area (Å²) in [6, 6.07) is 10.9. The summed E-state index contributed by atoms with van der Waals surface area (Å²) in [4.78, 5) is 4.57. The molecule has 5 heteroatoms. The Morgan fingerprint density at radius 1 is 1.23 bits per heavy atom. The summed E-state index contributed by atoms with van der Waals surface area (Å²) in [6.45, 7) is 5.41. The highest BCUT2D eigenvalue weighted by Gasteiger charge is 2.19. The van der Waals surface area contributed by atoms with E-state index >= 15 is 0 Å². The molecule has 134 valence electrons. The first-order chi connectivity index (χ1) is 12.8. The molecule has 5 rings (SSSR count). The number of nitrogens with one attached hydrogen (secondary N) is 1. The lowest BCUT2D eigenvalue weighted by atomic mass is 9.99. The molecule has 0 bridgehead atoms. The molecule has 2 aromatic carbocycles. The molecule has 3 heterocycles. The maximum atomic E-state index is 5.84. The van der Waals surface area contributed by atoms with Gasteiger partial charge < -0.3 is 19.4 Å². The summed E-state index contributed by atoms with van der Waals surface area (Å²) in [5.41, 5.74) is 7.05. The fourth-order valence-electron chi connectivity index (χ4n) is 4.03. The summed E-state index contributed by atoms with van der Waals surface area (Å²) in [6.07, 6.45) is 4.48. The van der Waals surface area contributed by atoms with E-state index < -0.39 is 0 Å². The van der Waals surface area contributed by atoms with Crippen molar-refractivity contribution < 1.29 is 9.47 Å². The van der Waals surface area contributed by atoms with Crippen LogP contribution in [0.5, 0.6) is 5.75 Å². The van der Waals surface area contributed by atoms with E-state index in [4.69, 9.17) is 9.47 Å². The Labute approximate surface area is 152 Å². The molecular weight excluding hydrogens is 326 g/mol. The molecule has 1 fully saturated rings. The lowest BCUT2D eigenvalue weighted by Gasteiger charge is -2.19. The second kappa shape index (κ2) is 6.32. The van der Waals surface area contributed by atoms with Gasteiger partial charge in [0.1, 0.15) is 12.4 Å². The predicted octanol–water partition coefficient (Wildman–Crippen LogP) is 4.05. The minimum Gasteiger partial charge on any atom is -0.490 e. The van der Waals surface area contributed by atoms with Gasteiger partial charge >= 0.3 is 0 Å². The third-order valence-electron chi connectivity index (χ3n) is 5.36. The largest absolute Gasteiger partial charge is 0.490 e. The average molecular weight is 349 g/mol. The SMILES string of the molecule is Cc1cc(Cn2cnc3cc4c(cc32)OCCN4)ccc1[C@@H]1CCCO1. The van der Waals surface area contributed by atoms with Gasteiger partial charge in [-0.1, -0.05) is 18.2 Å². The van der Waals surface area contributed by atoms with E-state index in [9.17, 15) is 0 Å². The summed E-state index contributed by atoms with van der Waals surface area (Å²) in [7, 11) is 0. The van der Waals surface area contributed by atoms with Gasteiger partial charge in [-0.15, -0.1) is 0 Å². The van der Waals surface area contributed by atoms with Crippen LogP contribution in [0.25, 0.3) is 11.0 Å². The number of fused-ring (bicyclic) bond motifs is 2. The normalized spacial score (nSPS) is 19.2. The van der Waals surface area contributed by atoms with Gasteiger partial charge in [0.2, 0.25) is 0 Å². The Bertz CT molecular complexity index is 957. The number of nitrogens with zero attached hydrogens (tertiary/aromatic N) is 2. The van der Waals surface area contributed by atoms with Crippen molar-refractivity contribution in [2.45, 2.75) is 32.4 Å². The van der Waals surface area contributed by atoms with Gasteiger partial charge in [-0.3, -0.25) is 0 Å². The Morgan fingerprint density at radius 3 is 3.04 bits per heavy atom. The molecule has 0 radical (unpaired) electrons. The molecule has 2 aliphatic heterocycles. The topological polar surface area (TPSA) is 48.3 Å². The molecule has 2 aliphatic rings. The minimum absolute atomic E-state index is 0.272. The first-order valence-electron chi connectivity index (χ1n) is 9.34. The zero-order valence-electron chi connectivity index (χ0n) is 15.0. The fourth-order valence-corrected chi connectivity index (χ4v) is 4.03. The van der Waals surface area contributed by atoms with E-state index in [1.165, 1.54) is 16.7 Å². The van der Waals surface area contributed by atoms with Crippen LogP contribution in [0.2, 0.25) is 0 Å². The number of rotatable bonds is 3. The summed E-state index contributed by atoms with van der Waals surface area (Å²) in [5.74, 6) is 0.912. The molecule has 1 N–H and O–H groups in total. The van der Waals surface area contributed by atoms with Crippen molar-refractivity contribution in [1.29, 1.82) is 0 Å². The molecule has 1 aromatic heterocycles. The highest BCUT2D eigenvalue weighted by molar-refractivity contribution is 5.84. The zero-order chi connectivity index (χ0) is 17.5. The number of aromatic nitrogens is 2. The number of aryl methyl sites for hydroxylation is 1. The molecule has 5 nitrogen and oxygen atoms in total. The summed E-state index contributed by atoms with van der Waals surface area (Å²) >= 11 is 0. The first kappa shape index (κ1) is 15.7. The molecule has 1 atom stereocenters. The van der Waals surface area contributed by atoms with Crippen molar-refractivity contribution in [1.82, 2.24) is 9.55 Å². The number of hydrogen-bond donors (Lipinski definition) is 1. The third-order valence-corrected chi connectivity index (χ3v) is 5.36. The maximum Gasteiger partial charge on any atom is 0.144 e. The van der Waals surface area contributed by atoms with Gasteiger partial charge in [0.25, 0.3) is 0 Å². The number of anilines is 1. The van der Waals surface area contributed by atoms with Crippen molar-refractivity contribution >= 4 is 16.7 Å². The summed E-state index contributed by atoms with van der Waals surface area (Å²) in [5, 5.41) is 3.37. The van der Waals surface area contributed by atoms with Crippen molar-refractivity contribution in [3.63, 3.8) is 0 Å². The molecule has 0 saturated carbocycles. The van der Waals surface area contributed by atoms with Crippen molar-refractivity contribution in [2.24, 2.45) is 0 Å². The molecule has 0 unspecified atom stereocenters. The molecular formula is C21H23N3O2. The number of hydrogen-bond acceptors (Lipinski definition) is 4. The number of ether oxygens (including phenoxy) is 2. The van der Waals surface area contributed by atoms with E-state index in [0.29, 0.717) is 6.61 Å². The number of benzene rings is 2. The van der Waals surface area contributed by atoms with Crippen LogP contribution in [0, 0.1) is 6.92 Å². The van der Waals surface area contributed by atoms with Crippen molar-refractivity contribution in [3.05, 3.63) is 53.3 Å². The van der Waals surface area contributed by atoms with Crippen LogP contribution in [0.15, 0.2) is 36.7 Å². The maximum absolute atomic E-state index is 5.84. The lowest BCUT2D eigenvalue weighted by molar-refractivity contribution is 0.111. The van der Waals surface area contributed by atoms with Crippen molar-refractivity contribution in [2.75, 3.05) is 25.1 Å². The number of imidazole rings is 1. The zero-order valence-corrected chi connectivity index (χ0v) is 15.0.